The van der Waals surface area contributed by atoms with E-state index in [9.17, 15) is 0 Å². The normalized spacial score (nSPS) is 11.8. The minimum absolute atomic E-state index is 1.22. The van der Waals surface area contributed by atoms with E-state index in [0.717, 1.165) is 0 Å². The Labute approximate surface area is 336 Å². The summed E-state index contributed by atoms with van der Waals surface area (Å²) in [6.07, 6.45) is 0. The summed E-state index contributed by atoms with van der Waals surface area (Å²) in [5, 5.41) is 17.8. The lowest BCUT2D eigenvalue weighted by Crippen LogP contribution is -1.95. The second kappa shape index (κ2) is 13.0. The maximum absolute atomic E-state index is 2.45. The summed E-state index contributed by atoms with van der Waals surface area (Å²) in [7, 11) is 0. The molecular weight excluding hydrogens is 697 g/mol. The molecule has 0 bridgehead atoms. The van der Waals surface area contributed by atoms with Crippen LogP contribution in [0.2, 0.25) is 0 Å². The van der Waals surface area contributed by atoms with Gasteiger partial charge in [-0.3, -0.25) is 0 Å². The van der Waals surface area contributed by atoms with Crippen LogP contribution >= 0.6 is 0 Å². The van der Waals surface area contributed by atoms with Gasteiger partial charge in [0.05, 0.1) is 0 Å². The molecule has 0 N–H and O–H groups in total. The Bertz CT molecular complexity index is 3460. The Hall–Kier alpha value is -7.54. The lowest BCUT2D eigenvalue weighted by molar-refractivity contribution is 1.61. The summed E-state index contributed by atoms with van der Waals surface area (Å²) in [5.41, 5.74) is 10.0. The number of hydrogen-bond acceptors (Lipinski definition) is 0. The highest BCUT2D eigenvalue weighted by atomic mass is 14.3. The molecule has 0 aliphatic carbocycles. The first kappa shape index (κ1) is 32.7. The van der Waals surface area contributed by atoms with Crippen LogP contribution in [0.15, 0.2) is 218 Å². The van der Waals surface area contributed by atoms with Crippen molar-refractivity contribution in [2.24, 2.45) is 0 Å². The Morgan fingerprint density at radius 3 is 0.862 bits per heavy atom. The monoisotopic (exact) mass is 732 g/mol. The summed E-state index contributed by atoms with van der Waals surface area (Å²) in [6.45, 7) is 0. The highest BCUT2D eigenvalue weighted by Crippen LogP contribution is 2.50. The zero-order valence-electron chi connectivity index (χ0n) is 31.8. The third-order valence-electron chi connectivity index (χ3n) is 12.4. The highest BCUT2D eigenvalue weighted by Gasteiger charge is 2.23. The molecule has 12 aromatic carbocycles. The van der Waals surface area contributed by atoms with E-state index >= 15 is 0 Å². The van der Waals surface area contributed by atoms with Crippen LogP contribution < -0.4 is 0 Å². The molecule has 58 heavy (non-hydrogen) atoms. The molecule has 0 atom stereocenters. The molecule has 0 radical (unpaired) electrons. The van der Waals surface area contributed by atoms with Gasteiger partial charge in [-0.25, -0.2) is 0 Å². The minimum atomic E-state index is 1.22. The third-order valence-corrected chi connectivity index (χ3v) is 12.4. The Morgan fingerprint density at radius 2 is 0.431 bits per heavy atom. The van der Waals surface area contributed by atoms with E-state index < -0.39 is 0 Å². The number of rotatable bonds is 4. The molecule has 0 heteroatoms. The van der Waals surface area contributed by atoms with Crippen molar-refractivity contribution in [2.75, 3.05) is 0 Å². The van der Waals surface area contributed by atoms with Gasteiger partial charge in [-0.15, -0.1) is 0 Å². The van der Waals surface area contributed by atoms with Crippen molar-refractivity contribution in [1.82, 2.24) is 0 Å². The van der Waals surface area contributed by atoms with Gasteiger partial charge in [0.1, 0.15) is 0 Å². The van der Waals surface area contributed by atoms with Crippen molar-refractivity contribution in [3.63, 3.8) is 0 Å². The molecule has 268 valence electrons. The van der Waals surface area contributed by atoms with Crippen molar-refractivity contribution >= 4 is 75.4 Å². The number of hydrogen-bond donors (Lipinski definition) is 0. The lowest BCUT2D eigenvalue weighted by Gasteiger charge is -2.22. The first-order valence-electron chi connectivity index (χ1n) is 20.2. The Kier molecular flexibility index (Phi) is 7.33. The summed E-state index contributed by atoms with van der Waals surface area (Å²) in [5.74, 6) is 0. The van der Waals surface area contributed by atoms with Crippen LogP contribution in [0.4, 0.5) is 0 Å². The van der Waals surface area contributed by atoms with Crippen molar-refractivity contribution in [3.8, 4) is 44.5 Å². The number of benzene rings is 12. The van der Waals surface area contributed by atoms with Gasteiger partial charge in [-0.1, -0.05) is 206 Å². The summed E-state index contributed by atoms with van der Waals surface area (Å²) >= 11 is 0. The second-order valence-electron chi connectivity index (χ2n) is 15.5. The van der Waals surface area contributed by atoms with Gasteiger partial charge in [-0.2, -0.15) is 0 Å². The molecule has 0 unspecified atom stereocenters. The largest absolute Gasteiger partial charge is 0.0622 e. The van der Waals surface area contributed by atoms with E-state index in [4.69, 9.17) is 0 Å². The van der Waals surface area contributed by atoms with E-state index in [-0.39, 0.29) is 0 Å². The van der Waals surface area contributed by atoms with Gasteiger partial charge in [-0.05, 0) is 132 Å². The van der Waals surface area contributed by atoms with E-state index in [1.165, 1.54) is 120 Å². The smallest absolute Gasteiger partial charge is 0.00139 e. The first-order valence-corrected chi connectivity index (χ1v) is 20.2. The van der Waals surface area contributed by atoms with Crippen molar-refractivity contribution in [1.29, 1.82) is 0 Å². The van der Waals surface area contributed by atoms with Crippen molar-refractivity contribution < 1.29 is 0 Å². The van der Waals surface area contributed by atoms with Crippen LogP contribution in [0, 0.1) is 0 Å². The van der Waals surface area contributed by atoms with Crippen molar-refractivity contribution in [2.45, 2.75) is 0 Å². The molecule has 12 rings (SSSR count). The Balaban J connectivity index is 1.17. The molecule has 0 amide bonds. The SMILES string of the molecule is c1ccc(-c2cccc(-c3c4ccccc4c(-c4c5ccccc5c(-c5ccc6c7ccccc7c7ccccc7c6c5)c5ccccc45)c4ccccc34)c2)cc1. The molecule has 0 spiro atoms. The molecule has 0 aliphatic heterocycles. The topological polar surface area (TPSA) is 0 Å². The number of fused-ring (bicyclic) bond motifs is 10. The maximum atomic E-state index is 2.45. The quantitative estimate of drug-likeness (QED) is 0.125. The predicted molar refractivity (Wildman–Crippen MR) is 251 cm³/mol. The van der Waals surface area contributed by atoms with Crippen LogP contribution in [-0.4, -0.2) is 0 Å². The van der Waals surface area contributed by atoms with Crippen LogP contribution in [0.1, 0.15) is 0 Å². The molecule has 0 saturated carbocycles. The summed E-state index contributed by atoms with van der Waals surface area (Å²) in [4.78, 5) is 0. The first-order chi connectivity index (χ1) is 28.8. The molecule has 0 saturated heterocycles. The Morgan fingerprint density at radius 1 is 0.138 bits per heavy atom. The molecule has 0 fully saturated rings. The fourth-order valence-electron chi connectivity index (χ4n) is 9.97. The molecule has 12 aromatic rings. The summed E-state index contributed by atoms with van der Waals surface area (Å²) in [6, 6.07) is 80.9. The van der Waals surface area contributed by atoms with Gasteiger partial charge in [0.15, 0.2) is 0 Å². The highest BCUT2D eigenvalue weighted by molar-refractivity contribution is 6.31. The standard InChI is InChI=1S/C58H36/c1-2-17-37(18-3-1)38-19-16-20-39(35-38)55-46-25-8-12-29-50(46)57(51-30-13-9-26-47(51)55)58-52-31-14-10-27-48(52)56(49-28-11-15-32-53(49)58)40-33-34-45-43-23-5-4-21-41(43)42-22-6-7-24-44(42)54(45)36-40/h1-36H. The van der Waals surface area contributed by atoms with E-state index in [1.807, 2.05) is 0 Å². The molecule has 0 aliphatic rings. The molecule has 0 heterocycles. The third kappa shape index (κ3) is 4.89. The molecule has 0 aromatic heterocycles. The van der Waals surface area contributed by atoms with Gasteiger partial charge >= 0.3 is 0 Å². The van der Waals surface area contributed by atoms with E-state index in [0.29, 0.717) is 0 Å². The van der Waals surface area contributed by atoms with Gasteiger partial charge < -0.3 is 0 Å². The van der Waals surface area contributed by atoms with E-state index in [1.54, 1.807) is 0 Å². The van der Waals surface area contributed by atoms with Crippen LogP contribution in [0.5, 0.6) is 0 Å². The van der Waals surface area contributed by atoms with Gasteiger partial charge in [0.2, 0.25) is 0 Å². The summed E-state index contributed by atoms with van der Waals surface area (Å²) < 4.78 is 0. The van der Waals surface area contributed by atoms with Crippen molar-refractivity contribution in [3.05, 3.63) is 218 Å². The van der Waals surface area contributed by atoms with Gasteiger partial charge in [0.25, 0.3) is 0 Å². The second-order valence-corrected chi connectivity index (χ2v) is 15.5. The lowest BCUT2D eigenvalue weighted by atomic mass is 9.80. The average molecular weight is 733 g/mol. The molecule has 0 nitrogen and oxygen atoms in total. The maximum Gasteiger partial charge on any atom is -0.00139 e. The zero-order valence-corrected chi connectivity index (χ0v) is 31.8. The fourth-order valence-corrected chi connectivity index (χ4v) is 9.97. The molecular formula is C58H36. The minimum Gasteiger partial charge on any atom is -0.0622 e. The van der Waals surface area contributed by atoms with Gasteiger partial charge in [0, 0.05) is 0 Å². The van der Waals surface area contributed by atoms with Crippen LogP contribution in [0.3, 0.4) is 0 Å². The fraction of sp³-hybridized carbons (Fsp3) is 0. The zero-order chi connectivity index (χ0) is 38.2. The predicted octanol–water partition coefficient (Wildman–Crippen LogP) is 16.4. The van der Waals surface area contributed by atoms with Crippen LogP contribution in [0.25, 0.3) is 120 Å². The van der Waals surface area contributed by atoms with E-state index in [2.05, 4.69) is 218 Å². The van der Waals surface area contributed by atoms with Crippen LogP contribution in [-0.2, 0) is 0 Å². The average Bonchev–Trinajstić information content (AvgIpc) is 3.30.